The van der Waals surface area contributed by atoms with Gasteiger partial charge in [-0.1, -0.05) is 12.1 Å². The summed E-state index contributed by atoms with van der Waals surface area (Å²) in [5.41, 5.74) is 0.766. The molecule has 0 atom stereocenters. The molecule has 0 heterocycles. The summed E-state index contributed by atoms with van der Waals surface area (Å²) in [4.78, 5) is 12.9. The summed E-state index contributed by atoms with van der Waals surface area (Å²) in [5, 5.41) is 0. The number of methoxy groups -OCH3 is 4. The van der Waals surface area contributed by atoms with Gasteiger partial charge in [0.15, 0.2) is 0 Å². The van der Waals surface area contributed by atoms with Crippen molar-refractivity contribution in [3.05, 3.63) is 47.5 Å². The Morgan fingerprint density at radius 2 is 1.32 bits per heavy atom. The number of carbonyl (C=O) groups is 1. The highest BCUT2D eigenvalue weighted by Crippen LogP contribution is 2.36. The van der Waals surface area contributed by atoms with Crippen LogP contribution in [0.1, 0.15) is 15.9 Å². The molecule has 2 aromatic rings. The number of hydrogen-bond donors (Lipinski definition) is 0. The van der Waals surface area contributed by atoms with Gasteiger partial charge in [0.05, 0.1) is 34.0 Å². The van der Waals surface area contributed by atoms with Crippen molar-refractivity contribution in [2.45, 2.75) is 0 Å². The third kappa shape index (κ3) is 2.83. The molecule has 0 N–H and O–H groups in total. The first-order valence-electron chi connectivity index (χ1n) is 6.64. The van der Waals surface area contributed by atoms with Gasteiger partial charge >= 0.3 is 0 Å². The number of benzene rings is 2. The lowest BCUT2D eigenvalue weighted by atomic mass is 10.00. The van der Waals surface area contributed by atoms with Crippen molar-refractivity contribution >= 4 is 5.78 Å². The molecule has 0 spiro atoms. The molecule has 116 valence electrons. The van der Waals surface area contributed by atoms with E-state index in [0.29, 0.717) is 34.1 Å². The lowest BCUT2D eigenvalue weighted by Gasteiger charge is -2.15. The summed E-state index contributed by atoms with van der Waals surface area (Å²) in [6.45, 7) is 0. The molecule has 0 saturated carbocycles. The number of para-hydroxylation sites is 1. The highest BCUT2D eigenvalue weighted by atomic mass is 16.5. The first kappa shape index (κ1) is 15.7. The van der Waals surface area contributed by atoms with Crippen molar-refractivity contribution in [1.82, 2.24) is 0 Å². The smallest absolute Gasteiger partial charge is 0.204 e. The molecule has 0 aromatic heterocycles. The summed E-state index contributed by atoms with van der Waals surface area (Å²) in [7, 11) is 6.05. The van der Waals surface area contributed by atoms with Gasteiger partial charge in [0.2, 0.25) is 5.78 Å². The molecular formula is C17H18O5. The van der Waals surface area contributed by atoms with E-state index < -0.39 is 0 Å². The number of ketones is 1. The van der Waals surface area contributed by atoms with Gasteiger partial charge in [0.1, 0.15) is 28.6 Å². The minimum absolute atomic E-state index is 0.242. The second-order valence-corrected chi connectivity index (χ2v) is 4.44. The van der Waals surface area contributed by atoms with E-state index in [1.54, 1.807) is 36.4 Å². The molecule has 0 amide bonds. The Bertz CT molecular complexity index is 653. The van der Waals surface area contributed by atoms with Gasteiger partial charge in [-0.15, -0.1) is 0 Å². The molecule has 0 fully saturated rings. The van der Waals surface area contributed by atoms with Crippen LogP contribution in [0.3, 0.4) is 0 Å². The number of hydrogen-bond acceptors (Lipinski definition) is 5. The fraction of sp³-hybridized carbons (Fsp3) is 0.235. The van der Waals surface area contributed by atoms with Crippen LogP contribution < -0.4 is 18.9 Å². The standard InChI is InChI=1S/C17H18O5/c1-19-11-9-14(21-3)16(15(10-11)22-4)17(18)12-7-5-6-8-13(12)20-2/h5-10H,1-4H3. The zero-order chi connectivity index (χ0) is 16.1. The van der Waals surface area contributed by atoms with E-state index in [0.717, 1.165) is 0 Å². The molecule has 0 aliphatic carbocycles. The molecule has 22 heavy (non-hydrogen) atoms. The van der Waals surface area contributed by atoms with Gasteiger partial charge in [-0.25, -0.2) is 0 Å². The van der Waals surface area contributed by atoms with Crippen molar-refractivity contribution in [2.75, 3.05) is 28.4 Å². The van der Waals surface area contributed by atoms with E-state index in [9.17, 15) is 4.79 Å². The maximum atomic E-state index is 12.9. The van der Waals surface area contributed by atoms with Crippen molar-refractivity contribution in [3.63, 3.8) is 0 Å². The second-order valence-electron chi connectivity index (χ2n) is 4.44. The maximum Gasteiger partial charge on any atom is 0.204 e. The van der Waals surface area contributed by atoms with Crippen LogP contribution in [-0.2, 0) is 0 Å². The number of rotatable bonds is 6. The Morgan fingerprint density at radius 1 is 0.773 bits per heavy atom. The highest BCUT2D eigenvalue weighted by Gasteiger charge is 2.23. The van der Waals surface area contributed by atoms with E-state index in [1.165, 1.54) is 28.4 Å². The zero-order valence-electron chi connectivity index (χ0n) is 13.0. The Kier molecular flexibility index (Phi) is 4.88. The summed E-state index contributed by atoms with van der Waals surface area (Å²) in [6, 6.07) is 10.3. The van der Waals surface area contributed by atoms with Crippen LogP contribution in [0.15, 0.2) is 36.4 Å². The molecule has 5 heteroatoms. The maximum absolute atomic E-state index is 12.9. The average Bonchev–Trinajstić information content (AvgIpc) is 2.59. The van der Waals surface area contributed by atoms with Gasteiger partial charge < -0.3 is 18.9 Å². The molecule has 5 nitrogen and oxygen atoms in total. The van der Waals surface area contributed by atoms with E-state index in [-0.39, 0.29) is 5.78 Å². The topological polar surface area (TPSA) is 54.0 Å². The van der Waals surface area contributed by atoms with Crippen molar-refractivity contribution < 1.29 is 23.7 Å². The van der Waals surface area contributed by atoms with Crippen molar-refractivity contribution in [2.24, 2.45) is 0 Å². The summed E-state index contributed by atoms with van der Waals surface area (Å²) < 4.78 is 21.1. The van der Waals surface area contributed by atoms with Crippen LogP contribution in [0.25, 0.3) is 0 Å². The van der Waals surface area contributed by atoms with Crippen LogP contribution in [0.4, 0.5) is 0 Å². The van der Waals surface area contributed by atoms with Gasteiger partial charge in [-0.3, -0.25) is 4.79 Å². The van der Waals surface area contributed by atoms with Crippen molar-refractivity contribution in [1.29, 1.82) is 0 Å². The van der Waals surface area contributed by atoms with Crippen LogP contribution in [0, 0.1) is 0 Å². The Labute approximate surface area is 129 Å². The zero-order valence-corrected chi connectivity index (χ0v) is 13.0. The van der Waals surface area contributed by atoms with E-state index in [2.05, 4.69) is 0 Å². The van der Waals surface area contributed by atoms with E-state index >= 15 is 0 Å². The second kappa shape index (κ2) is 6.85. The molecule has 2 aromatic carbocycles. The molecule has 0 radical (unpaired) electrons. The van der Waals surface area contributed by atoms with Crippen LogP contribution in [0.5, 0.6) is 23.0 Å². The number of ether oxygens (including phenoxy) is 4. The fourth-order valence-electron chi connectivity index (χ4n) is 2.20. The van der Waals surface area contributed by atoms with Gasteiger partial charge in [0, 0.05) is 12.1 Å². The first-order chi connectivity index (χ1) is 10.7. The number of carbonyl (C=O) groups excluding carboxylic acids is 1. The van der Waals surface area contributed by atoms with Crippen LogP contribution in [-0.4, -0.2) is 34.2 Å². The largest absolute Gasteiger partial charge is 0.496 e. The summed E-state index contributed by atoms with van der Waals surface area (Å²) >= 11 is 0. The molecular weight excluding hydrogens is 284 g/mol. The quantitative estimate of drug-likeness (QED) is 0.768. The molecule has 0 saturated heterocycles. The molecule has 0 unspecified atom stereocenters. The third-order valence-corrected chi connectivity index (χ3v) is 3.29. The van der Waals surface area contributed by atoms with E-state index in [4.69, 9.17) is 18.9 Å². The van der Waals surface area contributed by atoms with Crippen LogP contribution in [0.2, 0.25) is 0 Å². The Morgan fingerprint density at radius 3 is 1.82 bits per heavy atom. The molecule has 2 rings (SSSR count). The van der Waals surface area contributed by atoms with Crippen LogP contribution >= 0.6 is 0 Å². The molecule has 0 aliphatic rings. The average molecular weight is 302 g/mol. The third-order valence-electron chi connectivity index (χ3n) is 3.29. The van der Waals surface area contributed by atoms with Crippen molar-refractivity contribution in [3.8, 4) is 23.0 Å². The monoisotopic (exact) mass is 302 g/mol. The lowest BCUT2D eigenvalue weighted by molar-refractivity contribution is 0.103. The minimum atomic E-state index is -0.242. The fourth-order valence-corrected chi connectivity index (χ4v) is 2.20. The Hall–Kier alpha value is -2.69. The van der Waals surface area contributed by atoms with Gasteiger partial charge in [-0.05, 0) is 12.1 Å². The SMILES string of the molecule is COc1cc(OC)c(C(=O)c2ccccc2OC)c(OC)c1. The predicted octanol–water partition coefficient (Wildman–Crippen LogP) is 2.95. The lowest BCUT2D eigenvalue weighted by Crippen LogP contribution is -2.08. The minimum Gasteiger partial charge on any atom is -0.496 e. The van der Waals surface area contributed by atoms with E-state index in [1.807, 2.05) is 0 Å². The summed E-state index contributed by atoms with van der Waals surface area (Å²) in [5.74, 6) is 1.56. The van der Waals surface area contributed by atoms with Gasteiger partial charge in [0.25, 0.3) is 0 Å². The first-order valence-corrected chi connectivity index (χ1v) is 6.64. The molecule has 0 bridgehead atoms. The summed E-state index contributed by atoms with van der Waals surface area (Å²) in [6.07, 6.45) is 0. The molecule has 0 aliphatic heterocycles. The predicted molar refractivity (Wildman–Crippen MR) is 82.5 cm³/mol. The Balaban J connectivity index is 2.62. The normalized spacial score (nSPS) is 10.0. The highest BCUT2D eigenvalue weighted by molar-refractivity contribution is 6.14. The van der Waals surface area contributed by atoms with Gasteiger partial charge in [-0.2, -0.15) is 0 Å².